The minimum absolute atomic E-state index is 0.0658. The van der Waals surface area contributed by atoms with Crippen molar-refractivity contribution in [3.8, 4) is 0 Å². The number of benzene rings is 2. The average Bonchev–Trinajstić information content (AvgIpc) is 3.55. The van der Waals surface area contributed by atoms with Crippen LogP contribution in [0.5, 0.6) is 0 Å². The van der Waals surface area contributed by atoms with Gasteiger partial charge in [-0.05, 0) is 57.6 Å². The molecule has 0 aliphatic carbocycles. The van der Waals surface area contributed by atoms with Gasteiger partial charge in [-0.25, -0.2) is 4.79 Å². The Bertz CT molecular complexity index is 1390. The Labute approximate surface area is 234 Å². The van der Waals surface area contributed by atoms with Crippen LogP contribution in [-0.2, 0) is 22.6 Å². The molecule has 10 nitrogen and oxygen atoms in total. The number of carbonyl (C=O) groups is 3. The molecule has 210 valence electrons. The zero-order chi connectivity index (χ0) is 28.4. The van der Waals surface area contributed by atoms with E-state index in [0.29, 0.717) is 22.9 Å². The first-order chi connectivity index (χ1) is 19.3. The fraction of sp³-hybridized carbons (Fsp3) is 0.400. The molecule has 1 unspecified atom stereocenters. The largest absolute Gasteiger partial charge is 0.448 e. The van der Waals surface area contributed by atoms with E-state index in [0.717, 1.165) is 35.6 Å². The van der Waals surface area contributed by atoms with Crippen molar-refractivity contribution in [2.75, 3.05) is 43.5 Å². The predicted molar refractivity (Wildman–Crippen MR) is 152 cm³/mol. The van der Waals surface area contributed by atoms with Gasteiger partial charge in [-0.1, -0.05) is 30.3 Å². The Kier molecular flexibility index (Phi) is 7.88. The third kappa shape index (κ3) is 5.44. The molecule has 0 bridgehead atoms. The summed E-state index contributed by atoms with van der Waals surface area (Å²) in [6.07, 6.45) is -0.643. The lowest BCUT2D eigenvalue weighted by Gasteiger charge is -2.39. The normalized spacial score (nSPS) is 17.9. The zero-order valence-corrected chi connectivity index (χ0v) is 23.5. The van der Waals surface area contributed by atoms with Gasteiger partial charge in [0.2, 0.25) is 5.91 Å². The van der Waals surface area contributed by atoms with Crippen LogP contribution in [0.15, 0.2) is 54.6 Å². The van der Waals surface area contributed by atoms with Gasteiger partial charge >= 0.3 is 6.09 Å². The number of fused-ring (bicyclic) bond motifs is 1. The topological polar surface area (TPSA) is 100 Å². The SMILES string of the molecule is CCOC(=O)n1nc(NC(=O)c2ccc(N3CCN(C)C(C)C3)cc2)c2c1CN(C(=O)[C@H](C)c1ccccc1)C2. The molecule has 5 rings (SSSR count). The van der Waals surface area contributed by atoms with Crippen LogP contribution in [0, 0.1) is 0 Å². The van der Waals surface area contributed by atoms with Crippen molar-refractivity contribution in [2.24, 2.45) is 0 Å². The van der Waals surface area contributed by atoms with Crippen LogP contribution in [0.1, 0.15) is 53.9 Å². The molecular formula is C30H36N6O4. The standard InChI is InChI=1S/C30H36N6O4/c1-5-40-30(39)36-26-19-35(29(38)21(3)22-9-7-6-8-10-22)18-25(26)27(32-36)31-28(37)23-11-13-24(14-12-23)34-16-15-33(4)20(2)17-34/h6-14,20-21H,5,15-19H2,1-4H3,(H,31,32,37)/t20?,21-/m1/s1. The van der Waals surface area contributed by atoms with Crippen molar-refractivity contribution in [3.63, 3.8) is 0 Å². The van der Waals surface area contributed by atoms with Crippen molar-refractivity contribution in [1.82, 2.24) is 19.6 Å². The summed E-state index contributed by atoms with van der Waals surface area (Å²) < 4.78 is 6.35. The van der Waals surface area contributed by atoms with Crippen LogP contribution < -0.4 is 10.2 Å². The first kappa shape index (κ1) is 27.4. The van der Waals surface area contributed by atoms with Gasteiger partial charge in [-0.2, -0.15) is 4.68 Å². The van der Waals surface area contributed by atoms with Gasteiger partial charge in [-0.15, -0.1) is 5.10 Å². The molecule has 2 amide bonds. The van der Waals surface area contributed by atoms with Gasteiger partial charge in [0.15, 0.2) is 5.82 Å². The number of anilines is 2. The Hall–Kier alpha value is -4.18. The number of nitrogens with zero attached hydrogens (tertiary/aromatic N) is 5. The van der Waals surface area contributed by atoms with Gasteiger partial charge < -0.3 is 24.8 Å². The molecular weight excluding hydrogens is 508 g/mol. The highest BCUT2D eigenvalue weighted by Crippen LogP contribution is 2.32. The Morgan fingerprint density at radius 1 is 1.05 bits per heavy atom. The fourth-order valence-electron chi connectivity index (χ4n) is 5.28. The van der Waals surface area contributed by atoms with Crippen LogP contribution in [0.4, 0.5) is 16.3 Å². The quantitative estimate of drug-likeness (QED) is 0.502. The highest BCUT2D eigenvalue weighted by Gasteiger charge is 2.35. The molecule has 40 heavy (non-hydrogen) atoms. The molecule has 10 heteroatoms. The van der Waals surface area contributed by atoms with Gasteiger partial charge in [0.05, 0.1) is 31.3 Å². The second-order valence-electron chi connectivity index (χ2n) is 10.5. The number of aromatic nitrogens is 2. The molecule has 3 aromatic rings. The second-order valence-corrected chi connectivity index (χ2v) is 10.5. The maximum Gasteiger partial charge on any atom is 0.435 e. The van der Waals surface area contributed by atoms with E-state index in [2.05, 4.69) is 34.2 Å². The van der Waals surface area contributed by atoms with Crippen LogP contribution in [-0.4, -0.2) is 76.8 Å². The molecule has 0 spiro atoms. The summed E-state index contributed by atoms with van der Waals surface area (Å²) in [5.74, 6) is -0.498. The van der Waals surface area contributed by atoms with E-state index in [1.807, 2.05) is 49.4 Å². The molecule has 1 saturated heterocycles. The number of carbonyl (C=O) groups excluding carboxylic acids is 3. The van der Waals surface area contributed by atoms with Gasteiger partial charge in [0.25, 0.3) is 5.91 Å². The van der Waals surface area contributed by atoms with E-state index in [-0.39, 0.29) is 43.2 Å². The maximum atomic E-state index is 13.4. The van der Waals surface area contributed by atoms with Gasteiger partial charge in [-0.3, -0.25) is 9.59 Å². The van der Waals surface area contributed by atoms with Crippen LogP contribution in [0.2, 0.25) is 0 Å². The minimum Gasteiger partial charge on any atom is -0.448 e. The fourth-order valence-corrected chi connectivity index (χ4v) is 5.28. The zero-order valence-electron chi connectivity index (χ0n) is 23.5. The summed E-state index contributed by atoms with van der Waals surface area (Å²) >= 11 is 0. The maximum absolute atomic E-state index is 13.4. The van der Waals surface area contributed by atoms with Crippen LogP contribution >= 0.6 is 0 Å². The summed E-state index contributed by atoms with van der Waals surface area (Å²) in [5.41, 5.74) is 3.65. The molecule has 1 fully saturated rings. The molecule has 2 atom stereocenters. The van der Waals surface area contributed by atoms with Crippen molar-refractivity contribution < 1.29 is 19.1 Å². The monoisotopic (exact) mass is 544 g/mol. The molecule has 2 aromatic carbocycles. The highest BCUT2D eigenvalue weighted by atomic mass is 16.6. The number of ether oxygens (including phenoxy) is 1. The van der Waals surface area contributed by atoms with Gasteiger partial charge in [0.1, 0.15) is 0 Å². The van der Waals surface area contributed by atoms with E-state index in [4.69, 9.17) is 4.74 Å². The summed E-state index contributed by atoms with van der Waals surface area (Å²) in [4.78, 5) is 45.6. The number of hydrogen-bond acceptors (Lipinski definition) is 7. The second kappa shape index (κ2) is 11.5. The molecule has 0 radical (unpaired) electrons. The molecule has 1 N–H and O–H groups in total. The summed E-state index contributed by atoms with van der Waals surface area (Å²) in [6.45, 7) is 9.26. The number of nitrogens with one attached hydrogen (secondary N) is 1. The summed E-state index contributed by atoms with van der Waals surface area (Å²) in [6, 6.07) is 17.5. The first-order valence-corrected chi connectivity index (χ1v) is 13.7. The van der Waals surface area contributed by atoms with E-state index in [9.17, 15) is 14.4 Å². The Balaban J connectivity index is 1.33. The summed E-state index contributed by atoms with van der Waals surface area (Å²) in [5, 5.41) is 7.25. The highest BCUT2D eigenvalue weighted by molar-refractivity contribution is 6.04. The summed E-state index contributed by atoms with van der Waals surface area (Å²) in [7, 11) is 2.13. The average molecular weight is 545 g/mol. The van der Waals surface area contributed by atoms with E-state index in [1.54, 1.807) is 24.0 Å². The van der Waals surface area contributed by atoms with Crippen LogP contribution in [0.25, 0.3) is 0 Å². The van der Waals surface area contributed by atoms with Crippen LogP contribution in [0.3, 0.4) is 0 Å². The van der Waals surface area contributed by atoms with E-state index in [1.165, 1.54) is 0 Å². The minimum atomic E-state index is -0.643. The van der Waals surface area contributed by atoms with Crippen molar-refractivity contribution in [2.45, 2.75) is 45.8 Å². The Morgan fingerprint density at radius 2 is 1.77 bits per heavy atom. The van der Waals surface area contributed by atoms with Crippen molar-refractivity contribution >= 4 is 29.4 Å². The van der Waals surface area contributed by atoms with Gasteiger partial charge in [0, 0.05) is 42.5 Å². The van der Waals surface area contributed by atoms with E-state index < -0.39 is 6.09 Å². The van der Waals surface area contributed by atoms with Crippen molar-refractivity contribution in [1.29, 1.82) is 0 Å². The molecule has 1 aromatic heterocycles. The third-order valence-corrected chi connectivity index (χ3v) is 7.89. The molecule has 0 saturated carbocycles. The predicted octanol–water partition coefficient (Wildman–Crippen LogP) is 3.93. The van der Waals surface area contributed by atoms with Crippen molar-refractivity contribution in [3.05, 3.63) is 77.0 Å². The third-order valence-electron chi connectivity index (χ3n) is 7.89. The number of piperazine rings is 1. The number of amides is 2. The smallest absolute Gasteiger partial charge is 0.435 e. The number of rotatable bonds is 6. The first-order valence-electron chi connectivity index (χ1n) is 13.7. The molecule has 2 aliphatic rings. The lowest BCUT2D eigenvalue weighted by atomic mass is 10.00. The van der Waals surface area contributed by atoms with E-state index >= 15 is 0 Å². The molecule has 2 aliphatic heterocycles. The lowest BCUT2D eigenvalue weighted by molar-refractivity contribution is -0.133. The molecule has 3 heterocycles. The lowest BCUT2D eigenvalue weighted by Crippen LogP contribution is -2.50. The number of likely N-dealkylation sites (N-methyl/N-ethyl adjacent to an activating group) is 1. The number of hydrogen-bond donors (Lipinski definition) is 1. The Morgan fingerprint density at radius 3 is 2.45 bits per heavy atom.